The van der Waals surface area contributed by atoms with Crippen molar-refractivity contribution in [1.29, 1.82) is 0 Å². The van der Waals surface area contributed by atoms with Gasteiger partial charge in [-0.15, -0.1) is 0 Å². The van der Waals surface area contributed by atoms with Gasteiger partial charge in [0.15, 0.2) is 0 Å². The summed E-state index contributed by atoms with van der Waals surface area (Å²) in [7, 11) is 0. The van der Waals surface area contributed by atoms with Crippen LogP contribution in [0.25, 0.3) is 0 Å². The zero-order valence-electron chi connectivity index (χ0n) is 9.00. The lowest BCUT2D eigenvalue weighted by Gasteiger charge is -2.23. The van der Waals surface area contributed by atoms with Crippen molar-refractivity contribution in [1.82, 2.24) is 0 Å². The van der Waals surface area contributed by atoms with Crippen LogP contribution < -0.4 is 5.32 Å². The van der Waals surface area contributed by atoms with Crippen molar-refractivity contribution < 1.29 is 4.79 Å². The van der Waals surface area contributed by atoms with Crippen molar-refractivity contribution >= 4 is 24.2 Å². The highest BCUT2D eigenvalue weighted by Gasteiger charge is 2.23. The van der Waals surface area contributed by atoms with Crippen LogP contribution >= 0.6 is 12.6 Å². The number of amides is 1. The number of anilines is 1. The van der Waals surface area contributed by atoms with Gasteiger partial charge in [-0.1, -0.05) is 26.0 Å². The molecule has 0 saturated heterocycles. The molecule has 0 fully saturated rings. The summed E-state index contributed by atoms with van der Waals surface area (Å²) in [5.41, 5.74) is 3.36. The Morgan fingerprint density at radius 2 is 2.20 bits per heavy atom. The average molecular weight is 221 g/mol. The first-order valence-corrected chi connectivity index (χ1v) is 5.70. The molecule has 0 aliphatic carbocycles. The topological polar surface area (TPSA) is 29.1 Å². The maximum Gasteiger partial charge on any atom is 0.228 e. The Balaban J connectivity index is 2.39. The van der Waals surface area contributed by atoms with Crippen LogP contribution in [0.1, 0.15) is 25.0 Å². The second kappa shape index (κ2) is 3.56. The van der Waals surface area contributed by atoms with Gasteiger partial charge in [0.1, 0.15) is 0 Å². The van der Waals surface area contributed by atoms with E-state index < -0.39 is 0 Å². The van der Waals surface area contributed by atoms with E-state index >= 15 is 0 Å². The third-order valence-electron chi connectivity index (χ3n) is 2.91. The molecule has 15 heavy (non-hydrogen) atoms. The number of hydrogen-bond acceptors (Lipinski definition) is 2. The molecule has 1 N–H and O–H groups in total. The minimum absolute atomic E-state index is 0.0593. The second-order valence-corrected chi connectivity index (χ2v) is 4.96. The van der Waals surface area contributed by atoms with Gasteiger partial charge in [0.2, 0.25) is 5.91 Å². The van der Waals surface area contributed by atoms with Crippen LogP contribution in [0.15, 0.2) is 18.2 Å². The summed E-state index contributed by atoms with van der Waals surface area (Å²) in [5, 5.41) is 2.84. The molecule has 2 rings (SSSR count). The van der Waals surface area contributed by atoms with Crippen LogP contribution in [-0.2, 0) is 16.6 Å². The normalized spacial score (nSPS) is 15.0. The molecule has 2 nitrogen and oxygen atoms in total. The number of rotatable bonds is 2. The fourth-order valence-corrected chi connectivity index (χ4v) is 1.92. The molecule has 0 unspecified atom stereocenters. The Morgan fingerprint density at radius 3 is 2.87 bits per heavy atom. The van der Waals surface area contributed by atoms with E-state index in [2.05, 4.69) is 43.9 Å². The van der Waals surface area contributed by atoms with E-state index in [1.165, 1.54) is 5.56 Å². The molecule has 0 saturated carbocycles. The standard InChI is InChI=1S/C12H15NOS/c1-12(2,7-15)9-3-4-10-8(5-9)6-11(14)13-10/h3-5,15H,6-7H2,1-2H3,(H,13,14). The number of thiol groups is 1. The van der Waals surface area contributed by atoms with Gasteiger partial charge in [0, 0.05) is 5.69 Å². The summed E-state index contributed by atoms with van der Waals surface area (Å²) >= 11 is 4.35. The summed E-state index contributed by atoms with van der Waals surface area (Å²) in [6, 6.07) is 6.17. The fraction of sp³-hybridized carbons (Fsp3) is 0.417. The van der Waals surface area contributed by atoms with E-state index in [1.54, 1.807) is 0 Å². The van der Waals surface area contributed by atoms with E-state index in [0.29, 0.717) is 6.42 Å². The predicted octanol–water partition coefficient (Wildman–Crippen LogP) is 2.39. The monoisotopic (exact) mass is 221 g/mol. The molecular formula is C12H15NOS. The van der Waals surface area contributed by atoms with Crippen LogP contribution in [0.4, 0.5) is 5.69 Å². The predicted molar refractivity (Wildman–Crippen MR) is 65.7 cm³/mol. The lowest BCUT2D eigenvalue weighted by atomic mass is 9.85. The molecule has 0 aromatic heterocycles. The van der Waals surface area contributed by atoms with Gasteiger partial charge in [0.25, 0.3) is 0 Å². The Morgan fingerprint density at radius 1 is 1.47 bits per heavy atom. The van der Waals surface area contributed by atoms with Gasteiger partial charge in [-0.25, -0.2) is 0 Å². The summed E-state index contributed by atoms with van der Waals surface area (Å²) < 4.78 is 0. The molecule has 1 amide bonds. The minimum Gasteiger partial charge on any atom is -0.326 e. The van der Waals surface area contributed by atoms with Crippen LogP contribution in [0.5, 0.6) is 0 Å². The van der Waals surface area contributed by atoms with Gasteiger partial charge in [-0.2, -0.15) is 12.6 Å². The summed E-state index contributed by atoms with van der Waals surface area (Å²) in [5.74, 6) is 0.888. The third kappa shape index (κ3) is 1.88. The Kier molecular flexibility index (Phi) is 2.51. The second-order valence-electron chi connectivity index (χ2n) is 4.64. The van der Waals surface area contributed by atoms with Gasteiger partial charge in [0.05, 0.1) is 6.42 Å². The number of nitrogens with one attached hydrogen (secondary N) is 1. The molecule has 0 bridgehead atoms. The maximum absolute atomic E-state index is 11.2. The first kappa shape index (κ1) is 10.6. The molecule has 80 valence electrons. The van der Waals surface area contributed by atoms with Gasteiger partial charge >= 0.3 is 0 Å². The molecule has 0 atom stereocenters. The van der Waals surface area contributed by atoms with Crippen molar-refractivity contribution in [3.8, 4) is 0 Å². The highest BCUT2D eigenvalue weighted by molar-refractivity contribution is 7.80. The van der Waals surface area contributed by atoms with Crippen molar-refractivity contribution in [3.05, 3.63) is 29.3 Å². The highest BCUT2D eigenvalue weighted by Crippen LogP contribution is 2.30. The third-order valence-corrected chi connectivity index (χ3v) is 3.70. The van der Waals surface area contributed by atoms with Crippen LogP contribution in [0.2, 0.25) is 0 Å². The van der Waals surface area contributed by atoms with Crippen LogP contribution in [0, 0.1) is 0 Å². The maximum atomic E-state index is 11.2. The lowest BCUT2D eigenvalue weighted by molar-refractivity contribution is -0.115. The number of carbonyl (C=O) groups excluding carboxylic acids is 1. The summed E-state index contributed by atoms with van der Waals surface area (Å²) in [6.45, 7) is 4.32. The first-order valence-electron chi connectivity index (χ1n) is 5.07. The molecule has 0 spiro atoms. The number of carbonyl (C=O) groups is 1. The van der Waals surface area contributed by atoms with Gasteiger partial charge in [-0.05, 0) is 28.4 Å². The molecule has 0 radical (unpaired) electrons. The molecule has 3 heteroatoms. The van der Waals surface area contributed by atoms with E-state index in [9.17, 15) is 4.79 Å². The molecule has 1 aliphatic rings. The molecule has 1 aromatic carbocycles. The Bertz CT molecular complexity index is 412. The van der Waals surface area contributed by atoms with E-state index in [0.717, 1.165) is 17.0 Å². The van der Waals surface area contributed by atoms with Crippen LogP contribution in [0.3, 0.4) is 0 Å². The fourth-order valence-electron chi connectivity index (χ4n) is 1.74. The zero-order valence-corrected chi connectivity index (χ0v) is 9.90. The van der Waals surface area contributed by atoms with Gasteiger partial charge in [-0.3, -0.25) is 4.79 Å². The van der Waals surface area contributed by atoms with Crippen molar-refractivity contribution in [2.24, 2.45) is 0 Å². The van der Waals surface area contributed by atoms with Gasteiger partial charge < -0.3 is 5.32 Å². The summed E-state index contributed by atoms with van der Waals surface area (Å²) in [6.07, 6.45) is 0.506. The van der Waals surface area contributed by atoms with E-state index in [-0.39, 0.29) is 11.3 Å². The first-order chi connectivity index (χ1) is 7.03. The number of fused-ring (bicyclic) bond motifs is 1. The minimum atomic E-state index is 0.0593. The average Bonchev–Trinajstić information content (AvgIpc) is 2.56. The van der Waals surface area contributed by atoms with Crippen LogP contribution in [-0.4, -0.2) is 11.7 Å². The largest absolute Gasteiger partial charge is 0.326 e. The zero-order chi connectivity index (χ0) is 11.1. The van der Waals surface area contributed by atoms with E-state index in [1.807, 2.05) is 6.07 Å². The summed E-state index contributed by atoms with van der Waals surface area (Å²) in [4.78, 5) is 11.2. The lowest BCUT2D eigenvalue weighted by Crippen LogP contribution is -2.19. The number of hydrogen-bond donors (Lipinski definition) is 2. The van der Waals surface area contributed by atoms with Crippen molar-refractivity contribution in [2.45, 2.75) is 25.7 Å². The number of benzene rings is 1. The Hall–Kier alpha value is -0.960. The SMILES string of the molecule is CC(C)(CS)c1ccc2c(c1)CC(=O)N2. The Labute approximate surface area is 95.5 Å². The molecule has 1 aromatic rings. The van der Waals surface area contributed by atoms with E-state index in [4.69, 9.17) is 0 Å². The smallest absolute Gasteiger partial charge is 0.228 e. The molecule has 1 heterocycles. The quantitative estimate of drug-likeness (QED) is 0.738. The molecule has 1 aliphatic heterocycles. The van der Waals surface area contributed by atoms with Crippen molar-refractivity contribution in [2.75, 3.05) is 11.1 Å². The molecular weight excluding hydrogens is 206 g/mol. The van der Waals surface area contributed by atoms with Crippen molar-refractivity contribution in [3.63, 3.8) is 0 Å². The highest BCUT2D eigenvalue weighted by atomic mass is 32.1.